The van der Waals surface area contributed by atoms with Crippen LogP contribution in [0.15, 0.2) is 60.7 Å². The second-order valence-electron chi connectivity index (χ2n) is 8.38. The second-order valence-corrected chi connectivity index (χ2v) is 8.79. The van der Waals surface area contributed by atoms with Crippen molar-refractivity contribution in [3.05, 3.63) is 82.4 Å². The van der Waals surface area contributed by atoms with E-state index in [4.69, 9.17) is 21.1 Å². The molecule has 1 atom stereocenters. The summed E-state index contributed by atoms with van der Waals surface area (Å²) >= 11 is 6.52. The quantitative estimate of drug-likeness (QED) is 0.542. The lowest BCUT2D eigenvalue weighted by atomic mass is 9.91. The number of benzene rings is 2. The molecule has 0 saturated carbocycles. The lowest BCUT2D eigenvalue weighted by molar-refractivity contribution is -0.00306. The van der Waals surface area contributed by atoms with Gasteiger partial charge in [0.1, 0.15) is 0 Å². The van der Waals surface area contributed by atoms with Crippen LogP contribution in [0, 0.1) is 0 Å². The number of pyridine rings is 1. The molecule has 1 fully saturated rings. The third-order valence-electron chi connectivity index (χ3n) is 6.18. The standard InChI is InChI=1S/C26H22ClN3O5/c1-2-28-25(33)34-22-9-5-8-21(29-22)16-10-11-18(20(27)14-16)23(31)30-13-12-26(15-30)19-7-4-3-6-17(19)24(32)35-26/h3-11,14H,2,12-13,15H2,1H3,(H,28,33)/t26-/m0/s1. The molecule has 178 valence electrons. The van der Waals surface area contributed by atoms with E-state index in [1.54, 1.807) is 60.4 Å². The number of rotatable bonds is 4. The van der Waals surface area contributed by atoms with E-state index in [0.29, 0.717) is 41.9 Å². The highest BCUT2D eigenvalue weighted by atomic mass is 35.5. The third-order valence-corrected chi connectivity index (χ3v) is 6.49. The highest BCUT2D eigenvalue weighted by Gasteiger charge is 2.51. The summed E-state index contributed by atoms with van der Waals surface area (Å²) in [5.74, 6) is -0.443. The second kappa shape index (κ2) is 9.03. The van der Waals surface area contributed by atoms with E-state index >= 15 is 0 Å². The van der Waals surface area contributed by atoms with Crippen molar-refractivity contribution in [3.8, 4) is 17.1 Å². The van der Waals surface area contributed by atoms with E-state index in [0.717, 1.165) is 5.56 Å². The van der Waals surface area contributed by atoms with Gasteiger partial charge in [0.25, 0.3) is 5.91 Å². The first-order valence-electron chi connectivity index (χ1n) is 11.2. The maximum atomic E-state index is 13.3. The minimum Gasteiger partial charge on any atom is -0.449 e. The van der Waals surface area contributed by atoms with Crippen LogP contribution in [0.5, 0.6) is 5.88 Å². The van der Waals surface area contributed by atoms with Gasteiger partial charge in [-0.2, -0.15) is 0 Å². The molecule has 0 bridgehead atoms. The summed E-state index contributed by atoms with van der Waals surface area (Å²) in [6, 6.07) is 17.4. The van der Waals surface area contributed by atoms with E-state index in [2.05, 4.69) is 10.3 Å². The topological polar surface area (TPSA) is 97.8 Å². The molecule has 8 nitrogen and oxygen atoms in total. The summed E-state index contributed by atoms with van der Waals surface area (Å²) in [6.45, 7) is 2.94. The van der Waals surface area contributed by atoms with Crippen molar-refractivity contribution >= 4 is 29.6 Å². The van der Waals surface area contributed by atoms with Crippen LogP contribution in [0.25, 0.3) is 11.3 Å². The average Bonchev–Trinajstić information content (AvgIpc) is 3.40. The summed E-state index contributed by atoms with van der Waals surface area (Å²) in [5, 5.41) is 2.82. The van der Waals surface area contributed by atoms with Gasteiger partial charge in [-0.05, 0) is 31.2 Å². The van der Waals surface area contributed by atoms with Crippen molar-refractivity contribution in [1.82, 2.24) is 15.2 Å². The fourth-order valence-corrected chi connectivity index (χ4v) is 4.79. The molecule has 1 spiro atoms. The molecule has 0 unspecified atom stereocenters. The van der Waals surface area contributed by atoms with E-state index in [9.17, 15) is 14.4 Å². The van der Waals surface area contributed by atoms with Gasteiger partial charge >= 0.3 is 12.1 Å². The Labute approximate surface area is 206 Å². The molecular weight excluding hydrogens is 470 g/mol. The zero-order valence-corrected chi connectivity index (χ0v) is 19.7. The molecular formula is C26H22ClN3O5. The monoisotopic (exact) mass is 491 g/mol. The van der Waals surface area contributed by atoms with E-state index in [1.165, 1.54) is 0 Å². The summed E-state index contributed by atoms with van der Waals surface area (Å²) < 4.78 is 10.9. The average molecular weight is 492 g/mol. The van der Waals surface area contributed by atoms with Gasteiger partial charge in [-0.25, -0.2) is 14.6 Å². The van der Waals surface area contributed by atoms with Crippen LogP contribution in [0.1, 0.15) is 39.6 Å². The molecule has 9 heteroatoms. The van der Waals surface area contributed by atoms with Crippen LogP contribution < -0.4 is 10.1 Å². The maximum absolute atomic E-state index is 13.3. The summed E-state index contributed by atoms with van der Waals surface area (Å²) in [4.78, 5) is 43.3. The first-order chi connectivity index (χ1) is 16.9. The zero-order valence-electron chi connectivity index (χ0n) is 18.9. The van der Waals surface area contributed by atoms with Gasteiger partial charge in [-0.15, -0.1) is 0 Å². The Morgan fingerprint density at radius 3 is 2.80 bits per heavy atom. The van der Waals surface area contributed by atoms with E-state index in [-0.39, 0.29) is 29.3 Å². The number of halogens is 1. The van der Waals surface area contributed by atoms with Gasteiger partial charge in [0.2, 0.25) is 5.88 Å². The lowest BCUT2D eigenvalue weighted by Crippen LogP contribution is -2.34. The van der Waals surface area contributed by atoms with Crippen molar-refractivity contribution in [2.45, 2.75) is 18.9 Å². The molecule has 2 aliphatic rings. The molecule has 2 aromatic carbocycles. The Hall–Kier alpha value is -3.91. The largest absolute Gasteiger partial charge is 0.449 e. The van der Waals surface area contributed by atoms with Crippen LogP contribution >= 0.6 is 11.6 Å². The van der Waals surface area contributed by atoms with Crippen molar-refractivity contribution in [1.29, 1.82) is 0 Å². The van der Waals surface area contributed by atoms with Gasteiger partial charge in [0.05, 0.1) is 28.4 Å². The zero-order chi connectivity index (χ0) is 24.6. The van der Waals surface area contributed by atoms with Crippen molar-refractivity contribution in [2.24, 2.45) is 0 Å². The molecule has 0 aliphatic carbocycles. The molecule has 0 radical (unpaired) electrons. The van der Waals surface area contributed by atoms with Crippen LogP contribution in [0.3, 0.4) is 0 Å². The Bertz CT molecular complexity index is 1340. The summed E-state index contributed by atoms with van der Waals surface area (Å²) in [5.41, 5.74) is 2.12. The number of ether oxygens (including phenoxy) is 2. The van der Waals surface area contributed by atoms with Crippen LogP contribution in [-0.2, 0) is 10.3 Å². The molecule has 5 rings (SSSR count). The predicted molar refractivity (Wildman–Crippen MR) is 128 cm³/mol. The molecule has 3 heterocycles. The Morgan fingerprint density at radius 1 is 1.17 bits per heavy atom. The number of esters is 1. The minimum absolute atomic E-state index is 0.151. The maximum Gasteiger partial charge on any atom is 0.413 e. The van der Waals surface area contributed by atoms with Gasteiger partial charge in [-0.1, -0.05) is 41.9 Å². The Balaban J connectivity index is 1.34. The van der Waals surface area contributed by atoms with Crippen LogP contribution in [0.2, 0.25) is 5.02 Å². The number of hydrogen-bond donors (Lipinski definition) is 1. The van der Waals surface area contributed by atoms with Gasteiger partial charge in [0.15, 0.2) is 5.60 Å². The first kappa shape index (κ1) is 22.9. The smallest absolute Gasteiger partial charge is 0.413 e. The van der Waals surface area contributed by atoms with E-state index in [1.807, 2.05) is 12.1 Å². The lowest BCUT2D eigenvalue weighted by Gasteiger charge is -2.24. The molecule has 2 aliphatic heterocycles. The summed E-state index contributed by atoms with van der Waals surface area (Å²) in [7, 11) is 0. The summed E-state index contributed by atoms with van der Waals surface area (Å²) in [6.07, 6.45) is -0.0606. The number of hydrogen-bond acceptors (Lipinski definition) is 6. The van der Waals surface area contributed by atoms with Crippen molar-refractivity contribution < 1.29 is 23.9 Å². The third kappa shape index (κ3) is 4.21. The number of carbonyl (C=O) groups is 3. The van der Waals surface area contributed by atoms with Gasteiger partial charge in [0, 0.05) is 36.7 Å². The van der Waals surface area contributed by atoms with Crippen LogP contribution in [-0.4, -0.2) is 47.5 Å². The van der Waals surface area contributed by atoms with Gasteiger partial charge in [-0.3, -0.25) is 4.79 Å². The first-order valence-corrected chi connectivity index (χ1v) is 11.6. The van der Waals surface area contributed by atoms with Crippen LogP contribution in [0.4, 0.5) is 4.79 Å². The normalized spacial score (nSPS) is 18.3. The number of nitrogens with one attached hydrogen (secondary N) is 1. The predicted octanol–water partition coefficient (Wildman–Crippen LogP) is 4.42. The number of carbonyl (C=O) groups excluding carboxylic acids is 3. The number of likely N-dealkylation sites (tertiary alicyclic amines) is 1. The Kier molecular flexibility index (Phi) is 5.90. The van der Waals surface area contributed by atoms with Crippen molar-refractivity contribution in [2.75, 3.05) is 19.6 Å². The van der Waals surface area contributed by atoms with E-state index < -0.39 is 11.7 Å². The van der Waals surface area contributed by atoms with Gasteiger partial charge < -0.3 is 19.7 Å². The molecule has 35 heavy (non-hydrogen) atoms. The van der Waals surface area contributed by atoms with Crippen molar-refractivity contribution in [3.63, 3.8) is 0 Å². The SMILES string of the molecule is CCNC(=O)Oc1cccc(-c2ccc(C(=O)N3CC[C@@]4(C3)OC(=O)c3ccccc34)c(Cl)c2)n1. The fourth-order valence-electron chi connectivity index (χ4n) is 4.53. The molecule has 1 N–H and O–H groups in total. The fraction of sp³-hybridized carbons (Fsp3) is 0.231. The number of fused-ring (bicyclic) bond motifs is 2. The number of amides is 2. The molecule has 1 saturated heterocycles. The minimum atomic E-state index is -0.815. The number of aromatic nitrogens is 1. The highest BCUT2D eigenvalue weighted by Crippen LogP contribution is 2.43. The molecule has 1 aromatic heterocycles. The molecule has 3 aromatic rings. The number of nitrogens with zero attached hydrogens (tertiary/aromatic N) is 2. The Morgan fingerprint density at radius 2 is 2.00 bits per heavy atom. The highest BCUT2D eigenvalue weighted by molar-refractivity contribution is 6.34. The molecule has 2 amide bonds.